The molecule has 0 bridgehead atoms. The highest BCUT2D eigenvalue weighted by molar-refractivity contribution is 5.97. The van der Waals surface area contributed by atoms with Crippen molar-refractivity contribution >= 4 is 35.2 Å². The van der Waals surface area contributed by atoms with Gasteiger partial charge in [-0.2, -0.15) is 5.26 Å². The van der Waals surface area contributed by atoms with E-state index in [0.29, 0.717) is 28.3 Å². The van der Waals surface area contributed by atoms with Crippen LogP contribution in [-0.4, -0.2) is 31.5 Å². The molecule has 8 nitrogen and oxygen atoms in total. The number of hydrogen-bond donors (Lipinski definition) is 2. The number of nitrogens with zero attached hydrogens (tertiary/aromatic N) is 1. The maximum absolute atomic E-state index is 12.1. The zero-order valence-electron chi connectivity index (χ0n) is 15.9. The first kappa shape index (κ1) is 21.2. The summed E-state index contributed by atoms with van der Waals surface area (Å²) in [6, 6.07) is 13.4. The highest BCUT2D eigenvalue weighted by Crippen LogP contribution is 2.27. The van der Waals surface area contributed by atoms with Gasteiger partial charge < -0.3 is 20.1 Å². The molecule has 0 atom stereocenters. The summed E-state index contributed by atoms with van der Waals surface area (Å²) in [4.78, 5) is 35.0. The quantitative estimate of drug-likeness (QED) is 0.552. The third-order valence-corrected chi connectivity index (χ3v) is 3.59. The van der Waals surface area contributed by atoms with E-state index in [4.69, 9.17) is 14.7 Å². The Bertz CT molecular complexity index is 975. The van der Waals surface area contributed by atoms with Crippen molar-refractivity contribution in [2.45, 2.75) is 6.92 Å². The van der Waals surface area contributed by atoms with Crippen LogP contribution in [0.1, 0.15) is 18.1 Å². The fourth-order valence-corrected chi connectivity index (χ4v) is 2.29. The van der Waals surface area contributed by atoms with E-state index < -0.39 is 18.5 Å². The molecule has 0 radical (unpaired) electrons. The molecule has 0 saturated heterocycles. The van der Waals surface area contributed by atoms with Gasteiger partial charge in [0.25, 0.3) is 5.91 Å². The molecule has 0 unspecified atom stereocenters. The van der Waals surface area contributed by atoms with Gasteiger partial charge >= 0.3 is 5.97 Å². The summed E-state index contributed by atoms with van der Waals surface area (Å²) >= 11 is 0. The molecule has 2 N–H and O–H groups in total. The van der Waals surface area contributed by atoms with Crippen LogP contribution in [0.4, 0.5) is 11.4 Å². The van der Waals surface area contributed by atoms with Crippen molar-refractivity contribution in [2.24, 2.45) is 0 Å². The predicted octanol–water partition coefficient (Wildman–Crippen LogP) is 2.72. The first-order valence-electron chi connectivity index (χ1n) is 8.51. The third-order valence-electron chi connectivity index (χ3n) is 3.59. The number of nitrogens with one attached hydrogen (secondary N) is 2. The number of amides is 2. The molecule has 2 amide bonds. The van der Waals surface area contributed by atoms with Crippen LogP contribution in [0.15, 0.2) is 48.5 Å². The number of nitriles is 1. The second-order valence-corrected chi connectivity index (χ2v) is 5.82. The molecule has 8 heteroatoms. The van der Waals surface area contributed by atoms with Crippen molar-refractivity contribution in [1.82, 2.24) is 0 Å². The van der Waals surface area contributed by atoms with Crippen molar-refractivity contribution in [3.8, 4) is 11.8 Å². The summed E-state index contributed by atoms with van der Waals surface area (Å²) in [7, 11) is 1.44. The lowest BCUT2D eigenvalue weighted by molar-refractivity contribution is -0.142. The molecule has 2 rings (SSSR count). The molecule has 0 aliphatic heterocycles. The number of benzene rings is 2. The van der Waals surface area contributed by atoms with Crippen LogP contribution in [0, 0.1) is 11.3 Å². The lowest BCUT2D eigenvalue weighted by Crippen LogP contribution is -2.20. The number of ether oxygens (including phenoxy) is 2. The molecule has 148 valence electrons. The van der Waals surface area contributed by atoms with Gasteiger partial charge in [0.2, 0.25) is 5.91 Å². The Morgan fingerprint density at radius 1 is 1.10 bits per heavy atom. The van der Waals surface area contributed by atoms with Gasteiger partial charge in [0.05, 0.1) is 24.4 Å². The molecule has 0 saturated carbocycles. The monoisotopic (exact) mass is 393 g/mol. The van der Waals surface area contributed by atoms with Crippen molar-refractivity contribution < 1.29 is 23.9 Å². The number of anilines is 2. The Morgan fingerprint density at radius 3 is 2.45 bits per heavy atom. The zero-order valence-corrected chi connectivity index (χ0v) is 15.9. The minimum atomic E-state index is -0.691. The van der Waals surface area contributed by atoms with Crippen LogP contribution < -0.4 is 15.4 Å². The van der Waals surface area contributed by atoms with Gasteiger partial charge in [-0.05, 0) is 42.0 Å². The van der Waals surface area contributed by atoms with E-state index in [2.05, 4.69) is 10.6 Å². The average molecular weight is 393 g/mol. The zero-order chi connectivity index (χ0) is 21.2. The SMILES string of the molecule is COc1ccc(NC(C)=O)cc1NC(=O)COC(=O)/C=C/c1ccc(C#N)cc1. The smallest absolute Gasteiger partial charge is 0.331 e. The lowest BCUT2D eigenvalue weighted by Gasteiger charge is -2.12. The van der Waals surface area contributed by atoms with E-state index in [-0.39, 0.29) is 5.91 Å². The van der Waals surface area contributed by atoms with Crippen LogP contribution in [0.5, 0.6) is 5.75 Å². The average Bonchev–Trinajstić information content (AvgIpc) is 2.71. The Labute approximate surface area is 167 Å². The number of carbonyl (C=O) groups excluding carboxylic acids is 3. The number of methoxy groups -OCH3 is 1. The van der Waals surface area contributed by atoms with Gasteiger partial charge in [0, 0.05) is 18.7 Å². The van der Waals surface area contributed by atoms with Gasteiger partial charge in [0.1, 0.15) is 5.75 Å². The second-order valence-electron chi connectivity index (χ2n) is 5.82. The maximum atomic E-state index is 12.1. The third kappa shape index (κ3) is 6.84. The van der Waals surface area contributed by atoms with Gasteiger partial charge in [-0.25, -0.2) is 4.79 Å². The largest absolute Gasteiger partial charge is 0.495 e. The highest BCUT2D eigenvalue weighted by atomic mass is 16.5. The Balaban J connectivity index is 1.91. The normalized spacial score (nSPS) is 10.1. The van der Waals surface area contributed by atoms with Crippen molar-refractivity contribution in [1.29, 1.82) is 5.26 Å². The molecular weight excluding hydrogens is 374 g/mol. The lowest BCUT2D eigenvalue weighted by atomic mass is 10.1. The van der Waals surface area contributed by atoms with E-state index in [1.54, 1.807) is 36.4 Å². The first-order chi connectivity index (χ1) is 13.9. The Hall–Kier alpha value is -4.12. The Kier molecular flexibility index (Phi) is 7.51. The molecule has 0 fully saturated rings. The van der Waals surface area contributed by atoms with Gasteiger partial charge in [-0.1, -0.05) is 12.1 Å². The fourth-order valence-electron chi connectivity index (χ4n) is 2.29. The van der Waals surface area contributed by atoms with E-state index in [0.717, 1.165) is 0 Å². The highest BCUT2D eigenvalue weighted by Gasteiger charge is 2.11. The summed E-state index contributed by atoms with van der Waals surface area (Å²) in [5.41, 5.74) is 2.04. The van der Waals surface area contributed by atoms with E-state index in [1.165, 1.54) is 32.3 Å². The van der Waals surface area contributed by atoms with Crippen LogP contribution in [0.2, 0.25) is 0 Å². The molecular formula is C21H19N3O5. The summed E-state index contributed by atoms with van der Waals surface area (Å²) in [5, 5.41) is 13.9. The molecule has 0 aromatic heterocycles. The minimum Gasteiger partial charge on any atom is -0.495 e. The molecule has 29 heavy (non-hydrogen) atoms. The topological polar surface area (TPSA) is 118 Å². The molecule has 2 aromatic carbocycles. The van der Waals surface area contributed by atoms with Crippen molar-refractivity contribution in [3.05, 3.63) is 59.7 Å². The van der Waals surface area contributed by atoms with Gasteiger partial charge in [-0.3, -0.25) is 9.59 Å². The fraction of sp³-hybridized carbons (Fsp3) is 0.143. The van der Waals surface area contributed by atoms with Gasteiger partial charge in [0.15, 0.2) is 6.61 Å². The predicted molar refractivity (Wildman–Crippen MR) is 107 cm³/mol. The number of rotatable bonds is 7. The molecule has 0 heterocycles. The van der Waals surface area contributed by atoms with Crippen LogP contribution in [0.25, 0.3) is 6.08 Å². The number of hydrogen-bond acceptors (Lipinski definition) is 6. The number of carbonyl (C=O) groups is 3. The first-order valence-corrected chi connectivity index (χ1v) is 8.51. The van der Waals surface area contributed by atoms with Crippen LogP contribution in [-0.2, 0) is 19.1 Å². The summed E-state index contributed by atoms with van der Waals surface area (Å²) in [6.07, 6.45) is 2.70. The van der Waals surface area contributed by atoms with E-state index in [9.17, 15) is 14.4 Å². The van der Waals surface area contributed by atoms with Gasteiger partial charge in [-0.15, -0.1) is 0 Å². The number of esters is 1. The van der Waals surface area contributed by atoms with E-state index in [1.807, 2.05) is 6.07 Å². The summed E-state index contributed by atoms with van der Waals surface area (Å²) in [6.45, 7) is 0.872. The maximum Gasteiger partial charge on any atom is 0.331 e. The molecule has 0 spiro atoms. The summed E-state index contributed by atoms with van der Waals surface area (Å²) < 4.78 is 10.1. The Morgan fingerprint density at radius 2 is 1.83 bits per heavy atom. The van der Waals surface area contributed by atoms with E-state index >= 15 is 0 Å². The van der Waals surface area contributed by atoms with Crippen LogP contribution in [0.3, 0.4) is 0 Å². The van der Waals surface area contributed by atoms with Crippen molar-refractivity contribution in [3.63, 3.8) is 0 Å². The standard InChI is InChI=1S/C21H19N3O5/c1-14(25)23-17-8-9-19(28-2)18(11-17)24-20(26)13-29-21(27)10-7-15-3-5-16(12-22)6-4-15/h3-11H,13H2,1-2H3,(H,23,25)(H,24,26)/b10-7+. The van der Waals surface area contributed by atoms with Crippen LogP contribution >= 0.6 is 0 Å². The molecule has 0 aliphatic rings. The van der Waals surface area contributed by atoms with Crippen molar-refractivity contribution in [2.75, 3.05) is 24.4 Å². The molecule has 2 aromatic rings. The minimum absolute atomic E-state index is 0.254. The summed E-state index contributed by atoms with van der Waals surface area (Å²) in [5.74, 6) is -1.12. The second kappa shape index (κ2) is 10.3. The molecule has 0 aliphatic carbocycles.